The number of ether oxygens (including phenoxy) is 2. The Hall–Kier alpha value is -3.85. The fourth-order valence-corrected chi connectivity index (χ4v) is 8.28. The third kappa shape index (κ3) is 7.55. The molecule has 5 aromatic rings. The third-order valence-corrected chi connectivity index (χ3v) is 10.6. The lowest BCUT2D eigenvalue weighted by molar-refractivity contribution is 0.00563. The van der Waals surface area contributed by atoms with Gasteiger partial charge in [0.25, 0.3) is 0 Å². The maximum atomic E-state index is 14.4. The highest BCUT2D eigenvalue weighted by atomic mass is 35.5. The Morgan fingerprint density at radius 1 is 0.941 bits per heavy atom. The van der Waals surface area contributed by atoms with E-state index in [9.17, 15) is 4.79 Å². The molecule has 2 aromatic heterocycles. The first-order valence-electron chi connectivity index (χ1n) is 18.6. The van der Waals surface area contributed by atoms with Crippen LogP contribution in [0.3, 0.4) is 0 Å². The minimum Gasteiger partial charge on any atom is -0.493 e. The number of fused-ring (bicyclic) bond motifs is 3. The predicted molar refractivity (Wildman–Crippen MR) is 209 cm³/mol. The first-order chi connectivity index (χ1) is 24.5. The summed E-state index contributed by atoms with van der Waals surface area (Å²) in [5.41, 5.74) is 5.79. The van der Waals surface area contributed by atoms with Crippen molar-refractivity contribution in [1.29, 1.82) is 0 Å². The van der Waals surface area contributed by atoms with Crippen molar-refractivity contribution in [2.24, 2.45) is 18.9 Å². The molecule has 2 fully saturated rings. The highest BCUT2D eigenvalue weighted by molar-refractivity contribution is 6.35. The smallest absolute Gasteiger partial charge is 0.355 e. The molecular formula is C42H54ClN5O3. The Kier molecular flexibility index (Phi) is 11.2. The normalized spacial score (nSPS) is 17.5. The fourth-order valence-electron chi connectivity index (χ4n) is 8.03. The Labute approximate surface area is 308 Å². The number of hydrogen-bond acceptors (Lipinski definition) is 6. The standard InChI is InChI=1S/C40H48ClN5O3.C2H6/c1-25-35(26(2)44(6)43-25)36-33(41)17-16-32-31(14-10-20-48-34-15-9-12-27-11-7-8-13-30(27)34)38(39(47)49-40(3,4)5)46(37(32)36)19-18-45-23-28-21-42-22-29(28)24-45;1-2/h7-9,11-13,15-17,28-29,42H,10,14,18-24H2,1-6H3;1-2H3. The van der Waals surface area contributed by atoms with Crippen molar-refractivity contribution >= 4 is 39.2 Å². The number of hydrogen-bond donors (Lipinski definition) is 1. The molecule has 0 radical (unpaired) electrons. The number of esters is 1. The Balaban J connectivity index is 0.00000220. The zero-order valence-corrected chi connectivity index (χ0v) is 32.4. The van der Waals surface area contributed by atoms with E-state index >= 15 is 0 Å². The molecule has 7 rings (SSSR count). The van der Waals surface area contributed by atoms with Crippen molar-refractivity contribution in [2.75, 3.05) is 39.3 Å². The Morgan fingerprint density at radius 3 is 2.33 bits per heavy atom. The molecule has 0 amide bonds. The van der Waals surface area contributed by atoms with E-state index in [2.05, 4.69) is 46.0 Å². The summed E-state index contributed by atoms with van der Waals surface area (Å²) in [6, 6.07) is 18.5. The van der Waals surface area contributed by atoms with E-state index in [-0.39, 0.29) is 5.97 Å². The summed E-state index contributed by atoms with van der Waals surface area (Å²) < 4.78 is 16.6. The molecule has 51 heavy (non-hydrogen) atoms. The molecule has 272 valence electrons. The van der Waals surface area contributed by atoms with Gasteiger partial charge in [-0.05, 0) is 95.5 Å². The highest BCUT2D eigenvalue weighted by Gasteiger charge is 2.36. The van der Waals surface area contributed by atoms with Crippen LogP contribution in [-0.4, -0.2) is 70.1 Å². The lowest BCUT2D eigenvalue weighted by Gasteiger charge is -2.23. The van der Waals surface area contributed by atoms with E-state index < -0.39 is 5.60 Å². The molecule has 2 saturated heterocycles. The Bertz CT molecular complexity index is 2010. The summed E-state index contributed by atoms with van der Waals surface area (Å²) >= 11 is 7.14. The molecule has 2 aliphatic heterocycles. The van der Waals surface area contributed by atoms with Crippen molar-refractivity contribution in [1.82, 2.24) is 24.6 Å². The molecule has 2 atom stereocenters. The van der Waals surface area contributed by atoms with Crippen LogP contribution in [0.5, 0.6) is 5.75 Å². The van der Waals surface area contributed by atoms with Gasteiger partial charge in [-0.15, -0.1) is 0 Å². The number of aryl methyl sites for hydroxylation is 3. The molecule has 2 aliphatic rings. The number of rotatable bonds is 10. The van der Waals surface area contributed by atoms with Gasteiger partial charge in [0.15, 0.2) is 0 Å². The van der Waals surface area contributed by atoms with Crippen molar-refractivity contribution in [2.45, 2.75) is 73.5 Å². The summed E-state index contributed by atoms with van der Waals surface area (Å²) in [5.74, 6) is 1.94. The zero-order chi connectivity index (χ0) is 36.4. The van der Waals surface area contributed by atoms with Gasteiger partial charge in [-0.2, -0.15) is 5.10 Å². The monoisotopic (exact) mass is 711 g/mol. The second-order valence-electron chi connectivity index (χ2n) is 14.8. The number of benzene rings is 3. The fraction of sp³-hybridized carbons (Fsp3) is 0.476. The zero-order valence-electron chi connectivity index (χ0n) is 31.6. The van der Waals surface area contributed by atoms with Crippen molar-refractivity contribution in [3.05, 3.63) is 82.3 Å². The Morgan fingerprint density at radius 2 is 1.65 bits per heavy atom. The van der Waals surface area contributed by atoms with Crippen LogP contribution in [0.1, 0.15) is 68.5 Å². The average Bonchev–Trinajstić information content (AvgIpc) is 3.84. The molecular weight excluding hydrogens is 658 g/mol. The van der Waals surface area contributed by atoms with Crippen LogP contribution in [0.15, 0.2) is 54.6 Å². The average molecular weight is 712 g/mol. The van der Waals surface area contributed by atoms with Crippen molar-refractivity contribution in [3.8, 4) is 16.9 Å². The molecule has 8 nitrogen and oxygen atoms in total. The second kappa shape index (κ2) is 15.4. The number of likely N-dealkylation sites (tertiary alicyclic amines) is 1. The van der Waals surface area contributed by atoms with Gasteiger partial charge in [-0.1, -0.05) is 67.9 Å². The topological polar surface area (TPSA) is 73.6 Å². The summed E-state index contributed by atoms with van der Waals surface area (Å²) in [6.45, 7) is 20.2. The predicted octanol–water partition coefficient (Wildman–Crippen LogP) is 8.61. The molecule has 2 unspecified atom stereocenters. The van der Waals surface area contributed by atoms with Crippen LogP contribution in [0.2, 0.25) is 5.02 Å². The van der Waals surface area contributed by atoms with E-state index in [0.717, 1.165) is 94.6 Å². The lowest BCUT2D eigenvalue weighted by atomic mass is 9.98. The van der Waals surface area contributed by atoms with Crippen LogP contribution in [-0.2, 0) is 24.8 Å². The van der Waals surface area contributed by atoms with Gasteiger partial charge in [-0.25, -0.2) is 4.79 Å². The van der Waals surface area contributed by atoms with Crippen LogP contribution < -0.4 is 10.1 Å². The first-order valence-corrected chi connectivity index (χ1v) is 19.0. The number of nitrogens with one attached hydrogen (secondary N) is 1. The van der Waals surface area contributed by atoms with E-state index in [1.165, 1.54) is 0 Å². The number of carbonyl (C=O) groups excluding carboxylic acids is 1. The van der Waals surface area contributed by atoms with Gasteiger partial charge < -0.3 is 24.3 Å². The minimum absolute atomic E-state index is 0.308. The lowest BCUT2D eigenvalue weighted by Crippen LogP contribution is -2.31. The van der Waals surface area contributed by atoms with E-state index in [1.807, 2.05) is 83.6 Å². The molecule has 0 aliphatic carbocycles. The molecule has 9 heteroatoms. The number of halogens is 1. The maximum absolute atomic E-state index is 14.4. The van der Waals surface area contributed by atoms with Gasteiger partial charge in [-0.3, -0.25) is 4.68 Å². The van der Waals surface area contributed by atoms with Crippen LogP contribution in [0, 0.1) is 25.7 Å². The van der Waals surface area contributed by atoms with Gasteiger partial charge in [0.2, 0.25) is 0 Å². The summed E-state index contributed by atoms with van der Waals surface area (Å²) in [5, 5.41) is 12.2. The molecule has 4 heterocycles. The number of carbonyl (C=O) groups is 1. The minimum atomic E-state index is -0.649. The van der Waals surface area contributed by atoms with Gasteiger partial charge in [0.1, 0.15) is 17.0 Å². The largest absolute Gasteiger partial charge is 0.493 e. The molecule has 3 aromatic carbocycles. The summed E-state index contributed by atoms with van der Waals surface area (Å²) in [4.78, 5) is 16.9. The molecule has 0 saturated carbocycles. The van der Waals surface area contributed by atoms with Gasteiger partial charge >= 0.3 is 5.97 Å². The van der Waals surface area contributed by atoms with Crippen molar-refractivity contribution in [3.63, 3.8) is 0 Å². The summed E-state index contributed by atoms with van der Waals surface area (Å²) in [6.07, 6.45) is 1.37. The number of nitrogens with zero attached hydrogens (tertiary/aromatic N) is 4. The quantitative estimate of drug-likeness (QED) is 0.116. The van der Waals surface area contributed by atoms with E-state index in [4.69, 9.17) is 26.2 Å². The highest BCUT2D eigenvalue weighted by Crippen LogP contribution is 2.42. The van der Waals surface area contributed by atoms with Gasteiger partial charge in [0, 0.05) is 60.8 Å². The van der Waals surface area contributed by atoms with Crippen LogP contribution in [0.4, 0.5) is 0 Å². The van der Waals surface area contributed by atoms with E-state index in [1.54, 1.807) is 0 Å². The van der Waals surface area contributed by atoms with Crippen LogP contribution in [0.25, 0.3) is 32.8 Å². The second-order valence-corrected chi connectivity index (χ2v) is 15.2. The van der Waals surface area contributed by atoms with E-state index in [0.29, 0.717) is 42.1 Å². The molecule has 0 spiro atoms. The molecule has 1 N–H and O–H groups in total. The third-order valence-electron chi connectivity index (χ3n) is 10.3. The van der Waals surface area contributed by atoms with Crippen molar-refractivity contribution < 1.29 is 14.3 Å². The number of aromatic nitrogens is 3. The van der Waals surface area contributed by atoms with Crippen LogP contribution >= 0.6 is 11.6 Å². The first kappa shape index (κ1) is 36.9. The SMILES string of the molecule is CC.Cc1nn(C)c(C)c1-c1c(Cl)ccc2c(CCCOc3cccc4ccccc34)c(C(=O)OC(C)(C)C)n(CCN3CC4CNCC4C3)c12. The molecule has 0 bridgehead atoms. The summed E-state index contributed by atoms with van der Waals surface area (Å²) in [7, 11) is 1.96. The van der Waals surface area contributed by atoms with Gasteiger partial charge in [0.05, 0.1) is 22.8 Å². The maximum Gasteiger partial charge on any atom is 0.355 e.